The van der Waals surface area contributed by atoms with Crippen LogP contribution < -0.4 is 0 Å². The van der Waals surface area contributed by atoms with E-state index in [-0.39, 0.29) is 24.6 Å². The van der Waals surface area contributed by atoms with E-state index in [1.807, 2.05) is 42.2 Å². The summed E-state index contributed by atoms with van der Waals surface area (Å²) in [5.74, 6) is -0.611. The molecule has 0 bridgehead atoms. The summed E-state index contributed by atoms with van der Waals surface area (Å²) in [6, 6.07) is 10.3. The van der Waals surface area contributed by atoms with E-state index in [1.165, 1.54) is 0 Å². The number of hydrogen-bond donors (Lipinski definition) is 0. The van der Waals surface area contributed by atoms with Gasteiger partial charge in [-0.2, -0.15) is 5.10 Å². The first-order valence-corrected chi connectivity index (χ1v) is 9.94. The van der Waals surface area contributed by atoms with Crippen molar-refractivity contribution in [2.45, 2.75) is 65.6 Å². The third-order valence-corrected chi connectivity index (χ3v) is 5.57. The fourth-order valence-corrected chi connectivity index (χ4v) is 4.09. The van der Waals surface area contributed by atoms with Gasteiger partial charge in [-0.3, -0.25) is 9.48 Å². The van der Waals surface area contributed by atoms with Gasteiger partial charge in [-0.25, -0.2) is 4.79 Å². The summed E-state index contributed by atoms with van der Waals surface area (Å²) in [6.07, 6.45) is 3.12. The van der Waals surface area contributed by atoms with E-state index in [4.69, 9.17) is 4.74 Å². The lowest BCUT2D eigenvalue weighted by atomic mass is 9.97. The predicted octanol–water partition coefficient (Wildman–Crippen LogP) is 3.49. The van der Waals surface area contributed by atoms with E-state index < -0.39 is 5.97 Å². The standard InChI is InChI=1S/C22H29N3O3/c1-15-9-8-10-16(2)25(15)20(26)14-28-22(27)21-17(3)23-24(18(21)4)13-19-11-6-5-7-12-19/h5-7,11-12,15-16H,8-10,13-14H2,1-4H3/t15-,16+. The van der Waals surface area contributed by atoms with Gasteiger partial charge in [-0.1, -0.05) is 30.3 Å². The van der Waals surface area contributed by atoms with Crippen molar-refractivity contribution in [2.24, 2.45) is 0 Å². The van der Waals surface area contributed by atoms with E-state index in [9.17, 15) is 9.59 Å². The second-order valence-corrected chi connectivity index (χ2v) is 7.70. The largest absolute Gasteiger partial charge is 0.452 e. The first-order chi connectivity index (χ1) is 13.4. The zero-order valence-corrected chi connectivity index (χ0v) is 17.1. The molecular formula is C22H29N3O3. The van der Waals surface area contributed by atoms with Gasteiger partial charge in [-0.15, -0.1) is 0 Å². The van der Waals surface area contributed by atoms with E-state index in [0.29, 0.717) is 17.8 Å². The number of aromatic nitrogens is 2. The number of aryl methyl sites for hydroxylation is 1. The molecule has 3 rings (SSSR count). The van der Waals surface area contributed by atoms with E-state index in [2.05, 4.69) is 18.9 Å². The highest BCUT2D eigenvalue weighted by Gasteiger charge is 2.30. The van der Waals surface area contributed by atoms with Crippen molar-refractivity contribution in [1.82, 2.24) is 14.7 Å². The van der Waals surface area contributed by atoms with Crippen LogP contribution >= 0.6 is 0 Å². The molecule has 0 spiro atoms. The summed E-state index contributed by atoms with van der Waals surface area (Å²) >= 11 is 0. The molecule has 1 aliphatic rings. The Hall–Kier alpha value is -2.63. The Balaban J connectivity index is 1.66. The number of amides is 1. The maximum atomic E-state index is 12.7. The van der Waals surface area contributed by atoms with Gasteiger partial charge >= 0.3 is 5.97 Å². The topological polar surface area (TPSA) is 64.4 Å². The number of hydrogen-bond acceptors (Lipinski definition) is 4. The number of carbonyl (C=O) groups is 2. The molecule has 150 valence electrons. The minimum absolute atomic E-state index is 0.125. The molecule has 0 aliphatic carbocycles. The molecule has 0 saturated carbocycles. The molecule has 0 N–H and O–H groups in total. The zero-order chi connectivity index (χ0) is 20.3. The molecule has 1 fully saturated rings. The SMILES string of the molecule is Cc1nn(Cc2ccccc2)c(C)c1C(=O)OCC(=O)N1[C@H](C)CCC[C@@H]1C. The Labute approximate surface area is 166 Å². The fraction of sp³-hybridized carbons (Fsp3) is 0.500. The van der Waals surface area contributed by atoms with E-state index in [1.54, 1.807) is 11.6 Å². The van der Waals surface area contributed by atoms with Crippen molar-refractivity contribution in [3.8, 4) is 0 Å². The number of likely N-dealkylation sites (tertiary alicyclic amines) is 1. The molecule has 2 heterocycles. The molecule has 0 radical (unpaired) electrons. The second kappa shape index (κ2) is 8.59. The Morgan fingerprint density at radius 2 is 1.75 bits per heavy atom. The van der Waals surface area contributed by atoms with Crippen molar-refractivity contribution in [2.75, 3.05) is 6.61 Å². The Morgan fingerprint density at radius 3 is 2.39 bits per heavy atom. The third kappa shape index (κ3) is 4.26. The minimum atomic E-state index is -0.486. The molecule has 2 aromatic rings. The Morgan fingerprint density at radius 1 is 1.11 bits per heavy atom. The Bertz CT molecular complexity index is 834. The fourth-order valence-electron chi connectivity index (χ4n) is 4.09. The van der Waals surface area contributed by atoms with Crippen LogP contribution in [0.5, 0.6) is 0 Å². The van der Waals surface area contributed by atoms with Gasteiger partial charge in [-0.05, 0) is 52.5 Å². The van der Waals surface area contributed by atoms with Crippen LogP contribution in [0.25, 0.3) is 0 Å². The molecule has 0 unspecified atom stereocenters. The summed E-state index contributed by atoms with van der Waals surface area (Å²) in [7, 11) is 0. The van der Waals surface area contributed by atoms with Gasteiger partial charge in [0.1, 0.15) is 5.56 Å². The number of ether oxygens (including phenoxy) is 1. The van der Waals surface area contributed by atoms with Gasteiger partial charge in [0.15, 0.2) is 6.61 Å². The van der Waals surface area contributed by atoms with Crippen molar-refractivity contribution < 1.29 is 14.3 Å². The second-order valence-electron chi connectivity index (χ2n) is 7.70. The number of piperidine rings is 1. The normalized spacial score (nSPS) is 19.5. The smallest absolute Gasteiger partial charge is 0.342 e. The van der Waals surface area contributed by atoms with Crippen LogP contribution in [0.3, 0.4) is 0 Å². The van der Waals surface area contributed by atoms with Gasteiger partial charge in [0.25, 0.3) is 5.91 Å². The van der Waals surface area contributed by atoms with Crippen LogP contribution in [0.4, 0.5) is 0 Å². The maximum Gasteiger partial charge on any atom is 0.342 e. The van der Waals surface area contributed by atoms with Gasteiger partial charge in [0, 0.05) is 12.1 Å². The van der Waals surface area contributed by atoms with Crippen LogP contribution in [0.15, 0.2) is 30.3 Å². The first-order valence-electron chi connectivity index (χ1n) is 9.94. The molecule has 2 atom stereocenters. The zero-order valence-electron chi connectivity index (χ0n) is 17.1. The van der Waals surface area contributed by atoms with E-state index in [0.717, 1.165) is 30.5 Å². The van der Waals surface area contributed by atoms with Gasteiger partial charge in [0.05, 0.1) is 17.9 Å². The third-order valence-electron chi connectivity index (χ3n) is 5.57. The highest BCUT2D eigenvalue weighted by Crippen LogP contribution is 2.23. The highest BCUT2D eigenvalue weighted by atomic mass is 16.5. The average Bonchev–Trinajstić information content (AvgIpc) is 2.94. The molecule has 1 amide bonds. The van der Waals surface area contributed by atoms with Crippen LogP contribution in [0, 0.1) is 13.8 Å². The lowest BCUT2D eigenvalue weighted by Crippen LogP contribution is -2.49. The van der Waals surface area contributed by atoms with Crippen molar-refractivity contribution in [3.05, 3.63) is 52.8 Å². The van der Waals surface area contributed by atoms with Crippen molar-refractivity contribution in [1.29, 1.82) is 0 Å². The van der Waals surface area contributed by atoms with Crippen LogP contribution in [-0.2, 0) is 16.1 Å². The number of rotatable bonds is 5. The highest BCUT2D eigenvalue weighted by molar-refractivity contribution is 5.93. The molecule has 6 heteroatoms. The lowest BCUT2D eigenvalue weighted by Gasteiger charge is -2.38. The van der Waals surface area contributed by atoms with Crippen LogP contribution in [0.1, 0.15) is 60.4 Å². The lowest BCUT2D eigenvalue weighted by molar-refractivity contribution is -0.140. The molecule has 1 aliphatic heterocycles. The van der Waals surface area contributed by atoms with E-state index >= 15 is 0 Å². The molecule has 1 aromatic carbocycles. The summed E-state index contributed by atoms with van der Waals surface area (Å²) in [6.45, 7) is 8.12. The van der Waals surface area contributed by atoms with Crippen molar-refractivity contribution >= 4 is 11.9 Å². The molecule has 1 saturated heterocycles. The molecular weight excluding hydrogens is 354 g/mol. The summed E-state index contributed by atoms with van der Waals surface area (Å²) < 4.78 is 7.18. The Kier molecular flexibility index (Phi) is 6.17. The monoisotopic (exact) mass is 383 g/mol. The molecule has 1 aromatic heterocycles. The van der Waals surface area contributed by atoms with Crippen LogP contribution in [0.2, 0.25) is 0 Å². The van der Waals surface area contributed by atoms with Crippen molar-refractivity contribution in [3.63, 3.8) is 0 Å². The van der Waals surface area contributed by atoms with Gasteiger partial charge < -0.3 is 9.64 Å². The quantitative estimate of drug-likeness (QED) is 0.742. The number of nitrogens with zero attached hydrogens (tertiary/aromatic N) is 3. The number of carbonyl (C=O) groups excluding carboxylic acids is 2. The predicted molar refractivity (Wildman–Crippen MR) is 107 cm³/mol. The summed E-state index contributed by atoms with van der Waals surface area (Å²) in [5.41, 5.74) is 2.92. The average molecular weight is 383 g/mol. The summed E-state index contributed by atoms with van der Waals surface area (Å²) in [5, 5.41) is 4.49. The molecule has 28 heavy (non-hydrogen) atoms. The first kappa shape index (κ1) is 20.1. The van der Waals surface area contributed by atoms with Gasteiger partial charge in [0.2, 0.25) is 0 Å². The minimum Gasteiger partial charge on any atom is -0.452 e. The summed E-state index contributed by atoms with van der Waals surface area (Å²) in [4.78, 5) is 27.1. The number of esters is 1. The maximum absolute atomic E-state index is 12.7. The molecule has 6 nitrogen and oxygen atoms in total. The number of benzene rings is 1. The van der Waals surface area contributed by atoms with Crippen LogP contribution in [-0.4, -0.2) is 45.2 Å².